The molecule has 1 saturated heterocycles. The lowest BCUT2D eigenvalue weighted by Crippen LogP contribution is -2.62. The van der Waals surface area contributed by atoms with Gasteiger partial charge in [-0.2, -0.15) is 0 Å². The molecule has 32 heavy (non-hydrogen) atoms. The lowest BCUT2D eigenvalue weighted by Gasteiger charge is -2.44. The molecule has 1 aliphatic carbocycles. The van der Waals surface area contributed by atoms with E-state index in [-0.39, 0.29) is 23.9 Å². The van der Waals surface area contributed by atoms with E-state index in [9.17, 15) is 9.59 Å². The number of nitrogens with one attached hydrogen (secondary N) is 1. The van der Waals surface area contributed by atoms with Crippen molar-refractivity contribution in [2.45, 2.75) is 63.6 Å². The quantitative estimate of drug-likeness (QED) is 0.757. The summed E-state index contributed by atoms with van der Waals surface area (Å²) in [5.74, 6) is 0.265. The molecule has 0 unspecified atom stereocenters. The molecule has 0 bridgehead atoms. The predicted octanol–water partition coefficient (Wildman–Crippen LogP) is 3.65. The lowest BCUT2D eigenvalue weighted by molar-refractivity contribution is -0.143. The molecule has 2 atom stereocenters. The normalized spacial score (nSPS) is 23.3. The second-order valence-corrected chi connectivity index (χ2v) is 9.58. The van der Waals surface area contributed by atoms with Crippen LogP contribution in [-0.4, -0.2) is 53.8 Å². The largest absolute Gasteiger partial charge is 0.354 e. The highest BCUT2D eigenvalue weighted by molar-refractivity contribution is 5.88. The number of aryl methyl sites for hydroxylation is 1. The molecule has 2 amide bonds. The summed E-state index contributed by atoms with van der Waals surface area (Å²) in [7, 11) is 1.86. The fraction of sp³-hybridized carbons (Fsp3) is 0.481. The molecule has 0 radical (unpaired) electrons. The third-order valence-corrected chi connectivity index (χ3v) is 7.35. The van der Waals surface area contributed by atoms with Crippen LogP contribution < -0.4 is 5.32 Å². The lowest BCUT2D eigenvalue weighted by atomic mass is 9.78. The van der Waals surface area contributed by atoms with Gasteiger partial charge in [0.05, 0.1) is 11.5 Å². The number of piperazine rings is 1. The Bertz CT molecular complexity index is 952. The van der Waals surface area contributed by atoms with Crippen LogP contribution in [0, 0.1) is 6.92 Å². The molecule has 2 fully saturated rings. The van der Waals surface area contributed by atoms with Gasteiger partial charge in [-0.3, -0.25) is 14.5 Å². The maximum atomic E-state index is 13.5. The van der Waals surface area contributed by atoms with Gasteiger partial charge in [0, 0.05) is 32.7 Å². The number of carbonyl (C=O) groups excluding carboxylic acids is 2. The Hall–Kier alpha value is -2.66. The van der Waals surface area contributed by atoms with E-state index in [2.05, 4.69) is 53.5 Å². The first-order valence-electron chi connectivity index (χ1n) is 11.8. The van der Waals surface area contributed by atoms with E-state index in [0.717, 1.165) is 31.2 Å². The minimum atomic E-state index is -0.426. The van der Waals surface area contributed by atoms with Crippen LogP contribution in [0.5, 0.6) is 0 Å². The summed E-state index contributed by atoms with van der Waals surface area (Å²) in [6, 6.07) is 18.5. The van der Waals surface area contributed by atoms with Crippen LogP contribution >= 0.6 is 0 Å². The highest BCUT2D eigenvalue weighted by atomic mass is 16.2. The molecule has 0 spiro atoms. The molecule has 5 nitrogen and oxygen atoms in total. The summed E-state index contributed by atoms with van der Waals surface area (Å²) in [6.07, 6.45) is 3.96. The molecule has 2 aliphatic rings. The highest BCUT2D eigenvalue weighted by Crippen LogP contribution is 2.41. The van der Waals surface area contributed by atoms with Crippen molar-refractivity contribution in [2.24, 2.45) is 0 Å². The molecular weight excluding hydrogens is 398 g/mol. The second kappa shape index (κ2) is 9.45. The first-order valence-corrected chi connectivity index (χ1v) is 11.8. The number of hydrogen-bond acceptors (Lipinski definition) is 3. The zero-order valence-corrected chi connectivity index (χ0v) is 19.5. The Morgan fingerprint density at radius 2 is 1.81 bits per heavy atom. The molecule has 2 aromatic rings. The zero-order valence-electron chi connectivity index (χ0n) is 19.5. The Kier molecular flexibility index (Phi) is 6.66. The summed E-state index contributed by atoms with van der Waals surface area (Å²) in [5.41, 5.74) is 3.11. The Morgan fingerprint density at radius 3 is 2.50 bits per heavy atom. The molecular formula is C27H35N3O2. The van der Waals surface area contributed by atoms with Crippen LogP contribution in [0.25, 0.3) is 0 Å². The number of carbonyl (C=O) groups is 2. The standard InChI is InChI=1S/C27H35N3O2/c1-20-10-9-11-22(16-20)18-30-21(2)25(31)29(3)19-24(30)17-28-26(32)27(14-7-8-15-27)23-12-5-4-6-13-23/h4-6,9-13,16,21,24H,7-8,14-15,17-19H2,1-3H3,(H,28,32)/t21-,24+/m0/s1. The van der Waals surface area contributed by atoms with Gasteiger partial charge in [0.15, 0.2) is 0 Å². The van der Waals surface area contributed by atoms with Gasteiger partial charge in [0.2, 0.25) is 11.8 Å². The zero-order chi connectivity index (χ0) is 22.7. The van der Waals surface area contributed by atoms with Gasteiger partial charge in [0.25, 0.3) is 0 Å². The molecule has 5 heteroatoms. The van der Waals surface area contributed by atoms with Crippen LogP contribution in [0.15, 0.2) is 54.6 Å². The number of nitrogens with zero attached hydrogens (tertiary/aromatic N) is 2. The fourth-order valence-electron chi connectivity index (χ4n) is 5.52. The average molecular weight is 434 g/mol. The summed E-state index contributed by atoms with van der Waals surface area (Å²) in [6.45, 7) is 5.93. The molecule has 0 aromatic heterocycles. The van der Waals surface area contributed by atoms with E-state index in [1.807, 2.05) is 32.2 Å². The molecule has 1 aliphatic heterocycles. The van der Waals surface area contributed by atoms with Gasteiger partial charge in [-0.1, -0.05) is 73.0 Å². The van der Waals surface area contributed by atoms with Crippen molar-refractivity contribution < 1.29 is 9.59 Å². The van der Waals surface area contributed by atoms with Gasteiger partial charge in [-0.25, -0.2) is 0 Å². The number of rotatable bonds is 6. The minimum absolute atomic E-state index is 0.0754. The fourth-order valence-corrected chi connectivity index (χ4v) is 5.52. The predicted molar refractivity (Wildman–Crippen MR) is 127 cm³/mol. The Morgan fingerprint density at radius 1 is 1.09 bits per heavy atom. The summed E-state index contributed by atoms with van der Waals surface area (Å²) >= 11 is 0. The van der Waals surface area contributed by atoms with Crippen LogP contribution in [0.4, 0.5) is 0 Å². The van der Waals surface area contributed by atoms with Gasteiger partial charge in [0.1, 0.15) is 0 Å². The van der Waals surface area contributed by atoms with Crippen molar-refractivity contribution >= 4 is 11.8 Å². The Labute approximate surface area is 191 Å². The van der Waals surface area contributed by atoms with Gasteiger partial charge in [-0.15, -0.1) is 0 Å². The summed E-state index contributed by atoms with van der Waals surface area (Å²) in [4.78, 5) is 30.3. The first kappa shape index (κ1) is 22.5. The first-order chi connectivity index (χ1) is 15.4. The molecule has 170 valence electrons. The third kappa shape index (κ3) is 4.44. The van der Waals surface area contributed by atoms with Gasteiger partial charge < -0.3 is 10.2 Å². The van der Waals surface area contributed by atoms with Crippen molar-refractivity contribution in [2.75, 3.05) is 20.1 Å². The topological polar surface area (TPSA) is 52.7 Å². The molecule has 1 N–H and O–H groups in total. The van der Waals surface area contributed by atoms with E-state index in [0.29, 0.717) is 19.6 Å². The monoisotopic (exact) mass is 433 g/mol. The summed E-state index contributed by atoms with van der Waals surface area (Å²) < 4.78 is 0. The second-order valence-electron chi connectivity index (χ2n) is 9.58. The average Bonchev–Trinajstić information content (AvgIpc) is 3.30. The maximum absolute atomic E-state index is 13.5. The van der Waals surface area contributed by atoms with Crippen molar-refractivity contribution in [3.63, 3.8) is 0 Å². The minimum Gasteiger partial charge on any atom is -0.354 e. The number of benzene rings is 2. The number of likely N-dealkylation sites (N-methyl/N-ethyl adjacent to an activating group) is 1. The van der Waals surface area contributed by atoms with E-state index >= 15 is 0 Å². The SMILES string of the molecule is Cc1cccc(CN2[C@H](CNC(=O)C3(c4ccccc4)CCCC3)CN(C)C(=O)[C@@H]2C)c1. The maximum Gasteiger partial charge on any atom is 0.239 e. The number of hydrogen-bond donors (Lipinski definition) is 1. The third-order valence-electron chi connectivity index (χ3n) is 7.35. The Balaban J connectivity index is 1.51. The molecule has 1 saturated carbocycles. The summed E-state index contributed by atoms with van der Waals surface area (Å²) in [5, 5.41) is 3.30. The highest BCUT2D eigenvalue weighted by Gasteiger charge is 2.43. The van der Waals surface area contributed by atoms with Crippen LogP contribution in [0.3, 0.4) is 0 Å². The van der Waals surface area contributed by atoms with E-state index in [1.165, 1.54) is 11.1 Å². The van der Waals surface area contributed by atoms with Gasteiger partial charge >= 0.3 is 0 Å². The van der Waals surface area contributed by atoms with Crippen molar-refractivity contribution in [1.82, 2.24) is 15.1 Å². The smallest absolute Gasteiger partial charge is 0.239 e. The van der Waals surface area contributed by atoms with Crippen molar-refractivity contribution in [1.29, 1.82) is 0 Å². The van der Waals surface area contributed by atoms with Crippen molar-refractivity contribution in [3.05, 3.63) is 71.3 Å². The van der Waals surface area contributed by atoms with E-state index in [1.54, 1.807) is 4.90 Å². The molecule has 4 rings (SSSR count). The van der Waals surface area contributed by atoms with Gasteiger partial charge in [-0.05, 0) is 37.8 Å². The van der Waals surface area contributed by atoms with Crippen LogP contribution in [-0.2, 0) is 21.5 Å². The number of amides is 2. The van der Waals surface area contributed by atoms with E-state index < -0.39 is 5.41 Å². The molecule has 2 aromatic carbocycles. The van der Waals surface area contributed by atoms with Crippen molar-refractivity contribution in [3.8, 4) is 0 Å². The molecule has 1 heterocycles. The van der Waals surface area contributed by atoms with E-state index in [4.69, 9.17) is 0 Å². The van der Waals surface area contributed by atoms with Crippen LogP contribution in [0.1, 0.15) is 49.3 Å². The van der Waals surface area contributed by atoms with Crippen LogP contribution in [0.2, 0.25) is 0 Å².